The Kier molecular flexibility index (Phi) is 6.37. The summed E-state index contributed by atoms with van der Waals surface area (Å²) in [6, 6.07) is 5.75. The molecule has 6 heteroatoms. The Bertz CT molecular complexity index is 982. The van der Waals surface area contributed by atoms with Crippen LogP contribution in [-0.2, 0) is 0 Å². The minimum Gasteiger partial charge on any atom is -0.507 e. The third kappa shape index (κ3) is 4.79. The summed E-state index contributed by atoms with van der Waals surface area (Å²) in [5.74, 6) is 1.26. The van der Waals surface area contributed by atoms with Gasteiger partial charge in [0, 0.05) is 50.4 Å². The van der Waals surface area contributed by atoms with Crippen LogP contribution in [0.4, 0.5) is 0 Å². The number of nitrogens with zero attached hydrogens (tertiary/aromatic N) is 4. The number of allylic oxidation sites excluding steroid dienone is 3. The molecule has 3 aliphatic rings. The molecule has 1 saturated carbocycles. The lowest BCUT2D eigenvalue weighted by molar-refractivity contribution is 0.274. The van der Waals surface area contributed by atoms with Gasteiger partial charge in [0.15, 0.2) is 0 Å². The Balaban J connectivity index is 1.64. The van der Waals surface area contributed by atoms with Crippen LogP contribution in [0.2, 0.25) is 0 Å². The van der Waals surface area contributed by atoms with Crippen molar-refractivity contribution in [3.05, 3.63) is 47.1 Å². The predicted octanol–water partition coefficient (Wildman–Crippen LogP) is 4.17. The first kappa shape index (κ1) is 21.5. The number of aliphatic imine (C=N–C) groups is 1. The Morgan fingerprint density at radius 2 is 2.13 bits per heavy atom. The van der Waals surface area contributed by atoms with Crippen molar-refractivity contribution in [3.8, 4) is 5.75 Å². The average molecular weight is 420 g/mol. The van der Waals surface area contributed by atoms with Crippen LogP contribution in [0.15, 0.2) is 51.1 Å². The van der Waals surface area contributed by atoms with E-state index >= 15 is 0 Å². The van der Waals surface area contributed by atoms with Gasteiger partial charge in [0.25, 0.3) is 0 Å². The van der Waals surface area contributed by atoms with E-state index in [1.54, 1.807) is 13.1 Å². The van der Waals surface area contributed by atoms with Crippen molar-refractivity contribution in [3.63, 3.8) is 0 Å². The van der Waals surface area contributed by atoms with Crippen molar-refractivity contribution < 1.29 is 5.11 Å². The van der Waals surface area contributed by atoms with E-state index in [9.17, 15) is 5.11 Å². The molecule has 2 fully saturated rings. The fraction of sp³-hybridized carbons (Fsp3) is 0.480. The van der Waals surface area contributed by atoms with Crippen LogP contribution >= 0.6 is 0 Å². The SMILES string of the molecule is CC/C=C(\C=NC)c1ccc(C2=NN=C(N3CCNC4(CC4)C3)CC(CC)=C2)c(O)c1. The molecule has 1 aromatic carbocycles. The maximum Gasteiger partial charge on any atom is 0.131 e. The molecular formula is C25H33N5O. The van der Waals surface area contributed by atoms with Crippen LogP contribution in [0.3, 0.4) is 0 Å². The summed E-state index contributed by atoms with van der Waals surface area (Å²) in [6.07, 6.45) is 11.2. The zero-order valence-electron chi connectivity index (χ0n) is 18.9. The molecule has 0 unspecified atom stereocenters. The molecule has 31 heavy (non-hydrogen) atoms. The number of rotatable bonds is 5. The molecule has 4 rings (SSSR count). The van der Waals surface area contributed by atoms with Crippen molar-refractivity contribution in [1.82, 2.24) is 10.2 Å². The van der Waals surface area contributed by atoms with Gasteiger partial charge < -0.3 is 15.3 Å². The standard InChI is InChI=1S/C25H33N5O/c1-4-6-20(16-26-3)19-7-8-21(23(31)15-19)22-13-18(5-2)14-24(29-28-22)30-12-11-27-25(17-30)9-10-25/h6-8,13,15-16,27,31H,4-5,9-12,14,17H2,1-3H3/b20-6+,26-16?. The molecule has 2 aliphatic heterocycles. The zero-order valence-corrected chi connectivity index (χ0v) is 18.9. The van der Waals surface area contributed by atoms with E-state index in [0.717, 1.165) is 61.6 Å². The summed E-state index contributed by atoms with van der Waals surface area (Å²) < 4.78 is 0. The number of phenolic OH excluding ortho intramolecular Hbond substituents is 1. The van der Waals surface area contributed by atoms with E-state index < -0.39 is 0 Å². The molecule has 0 amide bonds. The van der Waals surface area contributed by atoms with Crippen LogP contribution in [0.5, 0.6) is 5.75 Å². The summed E-state index contributed by atoms with van der Waals surface area (Å²) in [4.78, 5) is 6.54. The second-order valence-corrected chi connectivity index (χ2v) is 8.65. The lowest BCUT2D eigenvalue weighted by Gasteiger charge is -2.35. The molecule has 6 nitrogen and oxygen atoms in total. The van der Waals surface area contributed by atoms with E-state index in [0.29, 0.717) is 11.1 Å². The Labute approximate surface area is 185 Å². The monoisotopic (exact) mass is 419 g/mol. The number of nitrogens with one attached hydrogen (secondary N) is 1. The van der Waals surface area contributed by atoms with E-state index in [1.165, 1.54) is 18.4 Å². The van der Waals surface area contributed by atoms with Gasteiger partial charge >= 0.3 is 0 Å². The number of aromatic hydroxyl groups is 1. The van der Waals surface area contributed by atoms with E-state index in [4.69, 9.17) is 0 Å². The highest BCUT2D eigenvalue weighted by Crippen LogP contribution is 2.38. The minimum absolute atomic E-state index is 0.215. The third-order valence-corrected chi connectivity index (χ3v) is 6.35. The Morgan fingerprint density at radius 1 is 1.29 bits per heavy atom. The lowest BCUT2D eigenvalue weighted by atomic mass is 9.98. The van der Waals surface area contributed by atoms with Gasteiger partial charge in [-0.2, -0.15) is 0 Å². The van der Waals surface area contributed by atoms with Crippen molar-refractivity contribution in [2.24, 2.45) is 15.2 Å². The average Bonchev–Trinajstić information content (AvgIpc) is 3.55. The molecular weight excluding hydrogens is 386 g/mol. The smallest absolute Gasteiger partial charge is 0.131 e. The maximum absolute atomic E-state index is 10.8. The summed E-state index contributed by atoms with van der Waals surface area (Å²) in [6.45, 7) is 7.24. The molecule has 1 spiro atoms. The highest BCUT2D eigenvalue weighted by Gasteiger charge is 2.46. The molecule has 2 heterocycles. The Hall–Kier alpha value is -2.73. The normalized spacial score (nSPS) is 21.1. The van der Waals surface area contributed by atoms with Crippen LogP contribution in [-0.4, -0.2) is 60.0 Å². The summed E-state index contributed by atoms with van der Waals surface area (Å²) in [5, 5.41) is 23.7. The van der Waals surface area contributed by atoms with Crippen LogP contribution < -0.4 is 5.32 Å². The van der Waals surface area contributed by atoms with Crippen molar-refractivity contribution >= 4 is 23.3 Å². The van der Waals surface area contributed by atoms with Gasteiger partial charge in [-0.25, -0.2) is 0 Å². The number of phenols is 1. The molecule has 1 saturated heterocycles. The molecule has 0 aromatic heterocycles. The maximum atomic E-state index is 10.8. The van der Waals surface area contributed by atoms with E-state index in [2.05, 4.69) is 51.4 Å². The second kappa shape index (κ2) is 9.18. The first-order valence-electron chi connectivity index (χ1n) is 11.4. The van der Waals surface area contributed by atoms with Crippen LogP contribution in [0.25, 0.3) is 5.57 Å². The van der Waals surface area contributed by atoms with Crippen molar-refractivity contribution in [2.45, 2.75) is 51.5 Å². The largest absolute Gasteiger partial charge is 0.507 e. The van der Waals surface area contributed by atoms with Crippen molar-refractivity contribution in [2.75, 3.05) is 26.7 Å². The summed E-state index contributed by atoms with van der Waals surface area (Å²) in [5.41, 5.74) is 4.97. The second-order valence-electron chi connectivity index (χ2n) is 8.65. The zero-order chi connectivity index (χ0) is 21.8. The molecule has 164 valence electrons. The molecule has 1 aromatic rings. The van der Waals surface area contributed by atoms with Gasteiger partial charge in [0.05, 0.1) is 5.71 Å². The van der Waals surface area contributed by atoms with Gasteiger partial charge in [-0.3, -0.25) is 4.99 Å². The van der Waals surface area contributed by atoms with Crippen molar-refractivity contribution in [1.29, 1.82) is 0 Å². The highest BCUT2D eigenvalue weighted by molar-refractivity contribution is 6.13. The third-order valence-electron chi connectivity index (χ3n) is 6.35. The fourth-order valence-corrected chi connectivity index (χ4v) is 4.35. The first-order valence-corrected chi connectivity index (χ1v) is 11.4. The quantitative estimate of drug-likeness (QED) is 0.704. The minimum atomic E-state index is 0.215. The fourth-order valence-electron chi connectivity index (χ4n) is 4.35. The predicted molar refractivity (Wildman–Crippen MR) is 129 cm³/mol. The molecule has 0 bridgehead atoms. The van der Waals surface area contributed by atoms with Crippen LogP contribution in [0.1, 0.15) is 57.1 Å². The highest BCUT2D eigenvalue weighted by atomic mass is 16.3. The van der Waals surface area contributed by atoms with E-state index in [1.807, 2.05) is 18.3 Å². The van der Waals surface area contributed by atoms with Gasteiger partial charge in [-0.05, 0) is 55.0 Å². The Morgan fingerprint density at radius 3 is 2.81 bits per heavy atom. The van der Waals surface area contributed by atoms with Crippen LogP contribution in [0, 0.1) is 0 Å². The van der Waals surface area contributed by atoms with Gasteiger partial charge in [0.2, 0.25) is 0 Å². The number of piperazine rings is 1. The number of amidine groups is 1. The number of hydrogen-bond donors (Lipinski definition) is 2. The lowest BCUT2D eigenvalue weighted by Crippen LogP contribution is -2.54. The summed E-state index contributed by atoms with van der Waals surface area (Å²) >= 11 is 0. The molecule has 0 atom stereocenters. The number of benzene rings is 1. The molecule has 0 radical (unpaired) electrons. The first-order chi connectivity index (χ1) is 15.1. The number of hydrogen-bond acceptors (Lipinski definition) is 6. The van der Waals surface area contributed by atoms with E-state index in [-0.39, 0.29) is 5.75 Å². The molecule has 2 N–H and O–H groups in total. The van der Waals surface area contributed by atoms with Gasteiger partial charge in [-0.15, -0.1) is 10.2 Å². The summed E-state index contributed by atoms with van der Waals surface area (Å²) in [7, 11) is 1.76. The van der Waals surface area contributed by atoms with Gasteiger partial charge in [0.1, 0.15) is 11.6 Å². The molecule has 1 aliphatic carbocycles. The topological polar surface area (TPSA) is 72.6 Å². The van der Waals surface area contributed by atoms with Gasteiger partial charge in [-0.1, -0.05) is 31.6 Å².